The van der Waals surface area contributed by atoms with Crippen molar-refractivity contribution in [3.8, 4) is 0 Å². The van der Waals surface area contributed by atoms with E-state index in [1.807, 2.05) is 13.8 Å². The van der Waals surface area contributed by atoms with Gasteiger partial charge >= 0.3 is 11.9 Å². The van der Waals surface area contributed by atoms with Crippen LogP contribution in [0.4, 0.5) is 8.78 Å². The fourth-order valence-corrected chi connectivity index (χ4v) is 4.49. The average molecular weight is 403 g/mol. The molecule has 6 heteroatoms. The van der Waals surface area contributed by atoms with Crippen LogP contribution in [-0.2, 0) is 14.4 Å². The van der Waals surface area contributed by atoms with Crippen molar-refractivity contribution in [3.63, 3.8) is 0 Å². The maximum atomic E-state index is 15.0. The van der Waals surface area contributed by atoms with Crippen molar-refractivity contribution in [2.75, 3.05) is 0 Å². The van der Waals surface area contributed by atoms with Crippen molar-refractivity contribution in [2.45, 2.75) is 97.3 Å². The highest BCUT2D eigenvalue weighted by Crippen LogP contribution is 2.47. The molecule has 0 radical (unpaired) electrons. The van der Waals surface area contributed by atoms with Gasteiger partial charge in [0, 0.05) is 31.1 Å². The van der Waals surface area contributed by atoms with Gasteiger partial charge in [0.2, 0.25) is 5.78 Å². The topological polar surface area (TPSA) is 71.4 Å². The van der Waals surface area contributed by atoms with E-state index in [0.29, 0.717) is 32.1 Å². The number of Topliss-reactive ketones (excluding diaryl/α,β-unsaturated/α-hetero) is 2. The number of carboxylic acids is 1. The molecule has 0 amide bonds. The normalized spacial score (nSPS) is 21.3. The van der Waals surface area contributed by atoms with Gasteiger partial charge in [-0.1, -0.05) is 40.0 Å². The molecule has 0 aromatic carbocycles. The smallest absolute Gasteiger partial charge is 0.308 e. The predicted octanol–water partition coefficient (Wildman–Crippen LogP) is 5.67. The van der Waals surface area contributed by atoms with Gasteiger partial charge in [-0.3, -0.25) is 14.4 Å². The van der Waals surface area contributed by atoms with E-state index in [9.17, 15) is 14.4 Å². The van der Waals surface area contributed by atoms with Gasteiger partial charge in [0.15, 0.2) is 0 Å². The number of carbonyl (C=O) groups excluding carboxylic acids is 2. The number of carbonyl (C=O) groups is 3. The highest BCUT2D eigenvalue weighted by Gasteiger charge is 2.53. The Morgan fingerprint density at radius 1 is 1.14 bits per heavy atom. The van der Waals surface area contributed by atoms with Gasteiger partial charge < -0.3 is 5.11 Å². The lowest BCUT2D eigenvalue weighted by Crippen LogP contribution is -2.43. The summed E-state index contributed by atoms with van der Waals surface area (Å²) in [6.45, 7) is 5.47. The molecule has 0 heterocycles. The first-order chi connectivity index (χ1) is 13.1. The predicted molar refractivity (Wildman–Crippen MR) is 104 cm³/mol. The molecule has 0 saturated heterocycles. The summed E-state index contributed by atoms with van der Waals surface area (Å²) >= 11 is 0. The highest BCUT2D eigenvalue weighted by molar-refractivity contribution is 5.87. The van der Waals surface area contributed by atoms with E-state index in [0.717, 1.165) is 19.3 Å². The van der Waals surface area contributed by atoms with Gasteiger partial charge in [-0.15, -0.1) is 0 Å². The Hall–Kier alpha value is -1.33. The number of halogens is 2. The zero-order valence-electron chi connectivity index (χ0n) is 17.5. The summed E-state index contributed by atoms with van der Waals surface area (Å²) < 4.78 is 30.1. The van der Waals surface area contributed by atoms with Crippen LogP contribution in [0.15, 0.2) is 0 Å². The second-order valence-corrected chi connectivity index (χ2v) is 8.65. The summed E-state index contributed by atoms with van der Waals surface area (Å²) in [7, 11) is 0. The summed E-state index contributed by atoms with van der Waals surface area (Å²) in [6.07, 6.45) is 4.85. The van der Waals surface area contributed by atoms with Gasteiger partial charge in [-0.25, -0.2) is 0 Å². The molecule has 0 spiro atoms. The number of rotatable bonds is 14. The van der Waals surface area contributed by atoms with Gasteiger partial charge in [0.1, 0.15) is 5.78 Å². The average Bonchev–Trinajstić information content (AvgIpc) is 2.96. The van der Waals surface area contributed by atoms with Crippen LogP contribution >= 0.6 is 0 Å². The number of unbranched alkanes of at least 4 members (excludes halogenated alkanes) is 3. The van der Waals surface area contributed by atoms with E-state index >= 15 is 8.78 Å². The van der Waals surface area contributed by atoms with Crippen molar-refractivity contribution >= 4 is 17.5 Å². The quantitative estimate of drug-likeness (QED) is 0.380. The maximum absolute atomic E-state index is 15.0. The monoisotopic (exact) mass is 402 g/mol. The van der Waals surface area contributed by atoms with Crippen LogP contribution in [0.25, 0.3) is 0 Å². The third-order valence-corrected chi connectivity index (χ3v) is 5.87. The van der Waals surface area contributed by atoms with Gasteiger partial charge in [0.05, 0.1) is 0 Å². The molecule has 0 aliphatic heterocycles. The van der Waals surface area contributed by atoms with Crippen LogP contribution in [0.1, 0.15) is 91.4 Å². The van der Waals surface area contributed by atoms with Crippen molar-refractivity contribution in [1.82, 2.24) is 0 Å². The van der Waals surface area contributed by atoms with E-state index < -0.39 is 35.4 Å². The molecule has 0 aromatic heterocycles. The second kappa shape index (κ2) is 11.6. The molecule has 1 unspecified atom stereocenters. The molecule has 1 aliphatic carbocycles. The molecule has 1 fully saturated rings. The molecule has 0 bridgehead atoms. The van der Waals surface area contributed by atoms with Crippen molar-refractivity contribution in [3.05, 3.63) is 0 Å². The first kappa shape index (κ1) is 24.7. The van der Waals surface area contributed by atoms with Crippen molar-refractivity contribution in [1.29, 1.82) is 0 Å². The Morgan fingerprint density at radius 2 is 1.79 bits per heavy atom. The largest absolute Gasteiger partial charge is 0.481 e. The third-order valence-electron chi connectivity index (χ3n) is 5.87. The lowest BCUT2D eigenvalue weighted by molar-refractivity contribution is -0.158. The van der Waals surface area contributed by atoms with Gasteiger partial charge in [-0.2, -0.15) is 8.78 Å². The van der Waals surface area contributed by atoms with Crippen molar-refractivity contribution < 1.29 is 28.3 Å². The first-order valence-electron chi connectivity index (χ1n) is 10.8. The van der Waals surface area contributed by atoms with Crippen LogP contribution in [0.2, 0.25) is 0 Å². The summed E-state index contributed by atoms with van der Waals surface area (Å²) in [5, 5.41) is 8.66. The molecule has 4 nitrogen and oxygen atoms in total. The summed E-state index contributed by atoms with van der Waals surface area (Å²) in [6, 6.07) is 0. The lowest BCUT2D eigenvalue weighted by atomic mass is 9.73. The lowest BCUT2D eigenvalue weighted by Gasteiger charge is -2.34. The Labute approximate surface area is 167 Å². The minimum absolute atomic E-state index is 0.0256. The number of carboxylic acid groups (broad SMARTS) is 1. The van der Waals surface area contributed by atoms with E-state index in [4.69, 9.17) is 5.11 Å². The fraction of sp³-hybridized carbons (Fsp3) is 0.864. The summed E-state index contributed by atoms with van der Waals surface area (Å²) in [5.74, 6) is -7.03. The fourth-order valence-electron chi connectivity index (χ4n) is 4.49. The highest BCUT2D eigenvalue weighted by atomic mass is 19.3. The molecule has 1 aliphatic rings. The first-order valence-corrected chi connectivity index (χ1v) is 10.8. The summed E-state index contributed by atoms with van der Waals surface area (Å²) in [4.78, 5) is 35.1. The van der Waals surface area contributed by atoms with Crippen LogP contribution < -0.4 is 0 Å². The number of ketones is 2. The van der Waals surface area contributed by atoms with Gasteiger partial charge in [0.25, 0.3) is 0 Å². The minimum Gasteiger partial charge on any atom is -0.481 e. The molecule has 162 valence electrons. The molecular formula is C22H36F2O4. The Balaban J connectivity index is 2.79. The number of hydrogen-bond donors (Lipinski definition) is 1. The van der Waals surface area contributed by atoms with E-state index in [1.54, 1.807) is 6.92 Å². The zero-order chi connectivity index (χ0) is 21.3. The van der Waals surface area contributed by atoms with Crippen LogP contribution in [0, 0.1) is 23.7 Å². The molecule has 28 heavy (non-hydrogen) atoms. The molecule has 1 saturated carbocycles. The molecule has 0 aromatic rings. The molecule has 1 N–H and O–H groups in total. The number of aliphatic carboxylic acids is 1. The van der Waals surface area contributed by atoms with Gasteiger partial charge in [-0.05, 0) is 43.9 Å². The molecule has 3 atom stereocenters. The standard InChI is InChI=1S/C22H36F2O4/c1-4-9-20(26)22(23,24)18(14-15(2)3)16-12-13-19(25)17(16)10-7-5-6-8-11-21(27)28/h15-18H,4-14H2,1-3H3,(H,27,28)/t16-,17-,18?/m1/s1. The van der Waals surface area contributed by atoms with Crippen molar-refractivity contribution in [2.24, 2.45) is 23.7 Å². The van der Waals surface area contributed by atoms with Crippen LogP contribution in [0.3, 0.4) is 0 Å². The van der Waals surface area contributed by atoms with E-state index in [2.05, 4.69) is 0 Å². The zero-order valence-corrected chi connectivity index (χ0v) is 17.5. The van der Waals surface area contributed by atoms with E-state index in [1.165, 1.54) is 0 Å². The second-order valence-electron chi connectivity index (χ2n) is 8.65. The third kappa shape index (κ3) is 7.25. The minimum atomic E-state index is -3.38. The molecular weight excluding hydrogens is 366 g/mol. The maximum Gasteiger partial charge on any atom is 0.308 e. The Morgan fingerprint density at radius 3 is 2.36 bits per heavy atom. The Kier molecular flexibility index (Phi) is 10.3. The van der Waals surface area contributed by atoms with Crippen LogP contribution in [-0.4, -0.2) is 28.6 Å². The number of alkyl halides is 2. The van der Waals surface area contributed by atoms with Crippen LogP contribution in [0.5, 0.6) is 0 Å². The Bertz CT molecular complexity index is 531. The molecule has 1 rings (SSSR count). The summed E-state index contributed by atoms with van der Waals surface area (Å²) in [5.41, 5.74) is 0. The SMILES string of the molecule is CCCC(=O)C(F)(F)C(CC(C)C)[C@@H]1CCC(=O)[C@@H]1CCCCCCC(=O)O. The number of hydrogen-bond acceptors (Lipinski definition) is 3. The van der Waals surface area contributed by atoms with E-state index in [-0.39, 0.29) is 31.0 Å².